The van der Waals surface area contributed by atoms with E-state index in [1.54, 1.807) is 11.8 Å². The summed E-state index contributed by atoms with van der Waals surface area (Å²) in [6.45, 7) is 4.64. The van der Waals surface area contributed by atoms with Crippen LogP contribution in [0.5, 0.6) is 5.75 Å². The summed E-state index contributed by atoms with van der Waals surface area (Å²) in [6.07, 6.45) is 4.74. The lowest BCUT2D eigenvalue weighted by Gasteiger charge is -2.22. The molecule has 0 bridgehead atoms. The summed E-state index contributed by atoms with van der Waals surface area (Å²) < 4.78 is -0.0156. The van der Waals surface area contributed by atoms with E-state index in [0.717, 1.165) is 0 Å². The number of carbonyl (C=O) groups excluding carboxylic acids is 1. The van der Waals surface area contributed by atoms with Gasteiger partial charge >= 0.3 is 0 Å². The summed E-state index contributed by atoms with van der Waals surface area (Å²) in [5.41, 5.74) is 0.256. The molecule has 0 saturated heterocycles. The zero-order valence-electron chi connectivity index (χ0n) is 9.65. The summed E-state index contributed by atoms with van der Waals surface area (Å²) in [5, 5.41) is 12.2. The first kappa shape index (κ1) is 12.8. The van der Waals surface area contributed by atoms with E-state index in [9.17, 15) is 9.90 Å². The molecule has 1 heterocycles. The number of aromatic hydroxyl groups is 1. The topological polar surface area (TPSA) is 62.2 Å². The molecule has 1 aromatic heterocycles. The van der Waals surface area contributed by atoms with E-state index in [-0.39, 0.29) is 22.0 Å². The second-order valence-corrected chi connectivity index (χ2v) is 5.55. The van der Waals surface area contributed by atoms with Gasteiger partial charge in [-0.15, -0.1) is 0 Å². The summed E-state index contributed by atoms with van der Waals surface area (Å²) in [6, 6.07) is 1.50. The van der Waals surface area contributed by atoms with Crippen LogP contribution in [0.15, 0.2) is 18.5 Å². The minimum atomic E-state index is -0.276. The summed E-state index contributed by atoms with van der Waals surface area (Å²) in [4.78, 5) is 15.4. The SMILES string of the molecule is CSC(C)(C)CNC(=O)c1ccncc1O. The number of carbonyl (C=O) groups is 1. The van der Waals surface area contributed by atoms with E-state index in [4.69, 9.17) is 0 Å². The summed E-state index contributed by atoms with van der Waals surface area (Å²) in [7, 11) is 0. The van der Waals surface area contributed by atoms with Gasteiger partial charge in [-0.2, -0.15) is 11.8 Å². The molecule has 0 radical (unpaired) electrons. The third-order valence-corrected chi connectivity index (χ3v) is 3.52. The number of nitrogens with zero attached hydrogens (tertiary/aromatic N) is 1. The lowest BCUT2D eigenvalue weighted by molar-refractivity contribution is 0.0948. The fourth-order valence-electron chi connectivity index (χ4n) is 1.04. The Morgan fingerprint density at radius 1 is 1.62 bits per heavy atom. The molecule has 0 saturated carbocycles. The van der Waals surface area contributed by atoms with Crippen LogP contribution in [0.4, 0.5) is 0 Å². The Balaban J connectivity index is 2.64. The van der Waals surface area contributed by atoms with Crippen LogP contribution in [0.2, 0.25) is 0 Å². The third-order valence-electron chi connectivity index (χ3n) is 2.27. The second kappa shape index (κ2) is 5.21. The van der Waals surface area contributed by atoms with Gasteiger partial charge in [-0.3, -0.25) is 9.78 Å². The Hall–Kier alpha value is -1.23. The molecule has 0 fully saturated rings. The normalized spacial score (nSPS) is 11.2. The van der Waals surface area contributed by atoms with Crippen molar-refractivity contribution in [2.75, 3.05) is 12.8 Å². The molecule has 0 aromatic carbocycles. The number of thioether (sulfide) groups is 1. The van der Waals surface area contributed by atoms with Crippen molar-refractivity contribution >= 4 is 17.7 Å². The largest absolute Gasteiger partial charge is 0.505 e. The standard InChI is InChI=1S/C11H16N2O2S/c1-11(2,16-3)7-13-10(15)8-4-5-12-6-9(8)14/h4-6,14H,7H2,1-3H3,(H,13,15). The van der Waals surface area contributed by atoms with Gasteiger partial charge in [0.2, 0.25) is 0 Å². The van der Waals surface area contributed by atoms with Crippen LogP contribution in [-0.4, -0.2) is 33.5 Å². The highest BCUT2D eigenvalue weighted by Gasteiger charge is 2.18. The summed E-state index contributed by atoms with van der Waals surface area (Å²) in [5.74, 6) is -0.371. The van der Waals surface area contributed by atoms with Gasteiger partial charge < -0.3 is 10.4 Å². The van der Waals surface area contributed by atoms with Crippen molar-refractivity contribution in [3.8, 4) is 5.75 Å². The highest BCUT2D eigenvalue weighted by molar-refractivity contribution is 7.99. The van der Waals surface area contributed by atoms with E-state index >= 15 is 0 Å². The Labute approximate surface area is 99.5 Å². The van der Waals surface area contributed by atoms with Crippen LogP contribution in [0.3, 0.4) is 0 Å². The van der Waals surface area contributed by atoms with Crippen molar-refractivity contribution in [2.24, 2.45) is 0 Å². The molecule has 0 atom stereocenters. The number of hydrogen-bond acceptors (Lipinski definition) is 4. The zero-order valence-corrected chi connectivity index (χ0v) is 10.5. The molecule has 5 heteroatoms. The first-order valence-corrected chi connectivity index (χ1v) is 6.15. The predicted molar refractivity (Wildman–Crippen MR) is 65.8 cm³/mol. The van der Waals surface area contributed by atoms with Crippen LogP contribution in [0.25, 0.3) is 0 Å². The van der Waals surface area contributed by atoms with E-state index < -0.39 is 0 Å². The van der Waals surface area contributed by atoms with Crippen molar-refractivity contribution in [3.05, 3.63) is 24.0 Å². The van der Waals surface area contributed by atoms with Gasteiger partial charge in [0.05, 0.1) is 11.8 Å². The van der Waals surface area contributed by atoms with E-state index in [0.29, 0.717) is 6.54 Å². The molecule has 1 amide bonds. The fraction of sp³-hybridized carbons (Fsp3) is 0.455. The maximum Gasteiger partial charge on any atom is 0.255 e. The van der Waals surface area contributed by atoms with Gasteiger partial charge in [0.15, 0.2) is 0 Å². The van der Waals surface area contributed by atoms with Crippen molar-refractivity contribution < 1.29 is 9.90 Å². The predicted octanol–water partition coefficient (Wildman–Crippen LogP) is 1.66. The zero-order chi connectivity index (χ0) is 12.2. The number of pyridine rings is 1. The van der Waals surface area contributed by atoms with Gasteiger partial charge in [-0.25, -0.2) is 0 Å². The molecule has 0 aliphatic carbocycles. The van der Waals surface area contributed by atoms with Gasteiger partial charge in [0.25, 0.3) is 5.91 Å². The van der Waals surface area contributed by atoms with Crippen molar-refractivity contribution in [1.82, 2.24) is 10.3 Å². The molecule has 1 rings (SSSR count). The molecule has 0 aliphatic rings. The lowest BCUT2D eigenvalue weighted by Crippen LogP contribution is -2.36. The van der Waals surface area contributed by atoms with Crippen molar-refractivity contribution in [3.63, 3.8) is 0 Å². The lowest BCUT2D eigenvalue weighted by atomic mass is 10.2. The molecule has 4 nitrogen and oxygen atoms in total. The fourth-order valence-corrected chi connectivity index (χ4v) is 1.26. The van der Waals surface area contributed by atoms with Gasteiger partial charge in [0, 0.05) is 17.5 Å². The molecular weight excluding hydrogens is 224 g/mol. The Morgan fingerprint density at radius 3 is 2.88 bits per heavy atom. The van der Waals surface area contributed by atoms with E-state index in [1.165, 1.54) is 18.5 Å². The second-order valence-electron chi connectivity index (χ2n) is 4.04. The molecule has 0 aliphatic heterocycles. The Bertz CT molecular complexity index is 380. The minimum Gasteiger partial charge on any atom is -0.505 e. The van der Waals surface area contributed by atoms with Crippen molar-refractivity contribution in [2.45, 2.75) is 18.6 Å². The highest BCUT2D eigenvalue weighted by Crippen LogP contribution is 2.20. The quantitative estimate of drug-likeness (QED) is 0.840. The van der Waals surface area contributed by atoms with Crippen LogP contribution < -0.4 is 5.32 Å². The summed E-state index contributed by atoms with van der Waals surface area (Å²) >= 11 is 1.68. The molecule has 1 aromatic rings. The first-order chi connectivity index (χ1) is 7.46. The minimum absolute atomic E-state index is 0.0156. The number of amides is 1. The third kappa shape index (κ3) is 3.41. The molecule has 88 valence electrons. The molecule has 0 unspecified atom stereocenters. The highest BCUT2D eigenvalue weighted by atomic mass is 32.2. The van der Waals surface area contributed by atoms with Gasteiger partial charge in [-0.05, 0) is 26.2 Å². The van der Waals surface area contributed by atoms with Crippen molar-refractivity contribution in [1.29, 1.82) is 0 Å². The van der Waals surface area contributed by atoms with Crippen LogP contribution >= 0.6 is 11.8 Å². The van der Waals surface area contributed by atoms with Crippen LogP contribution in [0.1, 0.15) is 24.2 Å². The van der Waals surface area contributed by atoms with E-state index in [2.05, 4.69) is 10.3 Å². The van der Waals surface area contributed by atoms with E-state index in [1.807, 2.05) is 20.1 Å². The van der Waals surface area contributed by atoms with Crippen LogP contribution in [-0.2, 0) is 0 Å². The number of nitrogens with one attached hydrogen (secondary N) is 1. The first-order valence-electron chi connectivity index (χ1n) is 4.92. The molecule has 16 heavy (non-hydrogen) atoms. The average molecular weight is 240 g/mol. The molecule has 0 spiro atoms. The maximum absolute atomic E-state index is 11.7. The number of rotatable bonds is 4. The molecular formula is C11H16N2O2S. The smallest absolute Gasteiger partial charge is 0.255 e. The Morgan fingerprint density at radius 2 is 2.31 bits per heavy atom. The van der Waals surface area contributed by atoms with Gasteiger partial charge in [-0.1, -0.05) is 0 Å². The average Bonchev–Trinajstić information content (AvgIpc) is 2.27. The number of aromatic nitrogens is 1. The monoisotopic (exact) mass is 240 g/mol. The Kier molecular flexibility index (Phi) is 4.18. The van der Waals surface area contributed by atoms with Gasteiger partial charge in [0.1, 0.15) is 5.75 Å². The maximum atomic E-state index is 11.7. The number of hydrogen-bond donors (Lipinski definition) is 2. The molecule has 2 N–H and O–H groups in total. The van der Waals surface area contributed by atoms with Crippen LogP contribution in [0, 0.1) is 0 Å².